The summed E-state index contributed by atoms with van der Waals surface area (Å²) in [6.07, 6.45) is 0.961. The Bertz CT molecular complexity index is 552. The fraction of sp³-hybridized carbons (Fsp3) is 0.471. The monoisotopic (exact) mass is 286 g/mol. The van der Waals surface area contributed by atoms with Gasteiger partial charge < -0.3 is 9.84 Å². The van der Waals surface area contributed by atoms with Crippen LogP contribution in [-0.2, 0) is 6.54 Å². The lowest BCUT2D eigenvalue weighted by Gasteiger charge is -2.22. The maximum Gasteiger partial charge on any atom is 0.134 e. The Hall–Kier alpha value is -2.01. The lowest BCUT2D eigenvalue weighted by atomic mass is 10.1. The molecule has 1 unspecified atom stereocenters. The molecule has 112 valence electrons. The minimum atomic E-state index is 0.0589. The van der Waals surface area contributed by atoms with Crippen LogP contribution in [0.4, 0.5) is 0 Å². The molecule has 0 saturated carbocycles. The third-order valence-corrected chi connectivity index (χ3v) is 3.29. The Labute approximate surface area is 127 Å². The minimum Gasteiger partial charge on any atom is -0.495 e. The topological polar surface area (TPSA) is 56.5 Å². The van der Waals surface area contributed by atoms with Gasteiger partial charge in [0.05, 0.1) is 31.8 Å². The molecular weight excluding hydrogens is 264 g/mol. The maximum absolute atomic E-state index is 8.79. The molecule has 1 atom stereocenters. The van der Waals surface area contributed by atoms with E-state index in [2.05, 4.69) is 22.8 Å². The summed E-state index contributed by atoms with van der Waals surface area (Å²) in [5, 5.41) is 17.5. The largest absolute Gasteiger partial charge is 0.495 e. The van der Waals surface area contributed by atoms with Crippen molar-refractivity contribution in [2.45, 2.75) is 32.4 Å². The van der Waals surface area contributed by atoms with Gasteiger partial charge in [-0.25, -0.2) is 0 Å². The van der Waals surface area contributed by atoms with Gasteiger partial charge in [0.15, 0.2) is 0 Å². The highest BCUT2D eigenvalue weighted by Crippen LogP contribution is 2.20. The van der Waals surface area contributed by atoms with Crippen molar-refractivity contribution in [1.82, 2.24) is 4.90 Å². The van der Waals surface area contributed by atoms with Gasteiger partial charge in [-0.2, -0.15) is 5.26 Å². The van der Waals surface area contributed by atoms with E-state index in [1.54, 1.807) is 7.11 Å². The molecule has 0 spiro atoms. The average Bonchev–Trinajstić information content (AvgIpc) is 2.48. The Kier molecular flexibility index (Phi) is 7.32. The van der Waals surface area contributed by atoms with E-state index in [1.807, 2.05) is 32.2 Å². The summed E-state index contributed by atoms with van der Waals surface area (Å²) in [7, 11) is 3.62. The van der Waals surface area contributed by atoms with Gasteiger partial charge in [0.25, 0.3) is 0 Å². The van der Waals surface area contributed by atoms with Crippen LogP contribution in [0.2, 0.25) is 0 Å². The zero-order chi connectivity index (χ0) is 15.7. The van der Waals surface area contributed by atoms with Crippen molar-refractivity contribution in [3.63, 3.8) is 0 Å². The number of rotatable bonds is 6. The van der Waals surface area contributed by atoms with Gasteiger partial charge in [0.2, 0.25) is 0 Å². The number of hydrogen-bond acceptors (Lipinski definition) is 4. The number of ether oxygens (including phenoxy) is 1. The van der Waals surface area contributed by atoms with E-state index in [0.717, 1.165) is 23.4 Å². The van der Waals surface area contributed by atoms with Crippen LogP contribution in [0.1, 0.15) is 30.9 Å². The molecule has 1 aromatic rings. The second-order valence-electron chi connectivity index (χ2n) is 4.94. The van der Waals surface area contributed by atoms with Crippen LogP contribution in [0.15, 0.2) is 18.2 Å². The Morgan fingerprint density at radius 3 is 2.81 bits per heavy atom. The van der Waals surface area contributed by atoms with Crippen LogP contribution in [0.25, 0.3) is 0 Å². The van der Waals surface area contributed by atoms with Gasteiger partial charge in [0, 0.05) is 19.0 Å². The Morgan fingerprint density at radius 2 is 2.19 bits per heavy atom. The average molecular weight is 286 g/mol. The molecular formula is C17H22N2O2. The number of hydrogen-bond donors (Lipinski definition) is 1. The summed E-state index contributed by atoms with van der Waals surface area (Å²) < 4.78 is 5.30. The van der Waals surface area contributed by atoms with Gasteiger partial charge in [-0.05, 0) is 31.7 Å². The quantitative estimate of drug-likeness (QED) is 0.814. The molecule has 0 heterocycles. The Balaban J connectivity index is 2.88. The first kappa shape index (κ1) is 17.0. The molecule has 0 aliphatic heterocycles. The van der Waals surface area contributed by atoms with Crippen molar-refractivity contribution >= 4 is 0 Å². The molecule has 1 N–H and O–H groups in total. The normalized spacial score (nSPS) is 11.4. The number of benzene rings is 1. The highest BCUT2D eigenvalue weighted by Gasteiger charge is 2.10. The highest BCUT2D eigenvalue weighted by molar-refractivity contribution is 5.48. The molecule has 0 aromatic heterocycles. The van der Waals surface area contributed by atoms with Crippen LogP contribution in [0.3, 0.4) is 0 Å². The number of aliphatic hydroxyl groups is 1. The number of nitriles is 1. The van der Waals surface area contributed by atoms with Crippen molar-refractivity contribution in [1.29, 1.82) is 5.26 Å². The zero-order valence-electron chi connectivity index (χ0n) is 12.9. The molecule has 1 aromatic carbocycles. The predicted octanol–water partition coefficient (Wildman–Crippen LogP) is 2.16. The van der Waals surface area contributed by atoms with Gasteiger partial charge >= 0.3 is 0 Å². The SMILES string of the molecule is COc1ccc(CN(C)C(C)CC#N)cc1C#CCCO. The molecule has 0 amide bonds. The van der Waals surface area contributed by atoms with E-state index in [1.165, 1.54) is 0 Å². The molecule has 0 radical (unpaired) electrons. The number of nitrogens with zero attached hydrogens (tertiary/aromatic N) is 2. The summed E-state index contributed by atoms with van der Waals surface area (Å²) in [6.45, 7) is 2.85. The van der Waals surface area contributed by atoms with Crippen LogP contribution in [0.5, 0.6) is 5.75 Å². The second-order valence-corrected chi connectivity index (χ2v) is 4.94. The molecule has 4 nitrogen and oxygen atoms in total. The van der Waals surface area contributed by atoms with E-state index < -0.39 is 0 Å². The third-order valence-electron chi connectivity index (χ3n) is 3.29. The molecule has 0 aliphatic carbocycles. The highest BCUT2D eigenvalue weighted by atomic mass is 16.5. The molecule has 1 rings (SSSR count). The van der Waals surface area contributed by atoms with Crippen LogP contribution >= 0.6 is 0 Å². The van der Waals surface area contributed by atoms with Crippen molar-refractivity contribution in [3.05, 3.63) is 29.3 Å². The summed E-state index contributed by atoms with van der Waals surface area (Å²) >= 11 is 0. The van der Waals surface area contributed by atoms with Crippen molar-refractivity contribution in [2.75, 3.05) is 20.8 Å². The van der Waals surface area contributed by atoms with Crippen LogP contribution < -0.4 is 4.74 Å². The first-order valence-corrected chi connectivity index (χ1v) is 6.96. The van der Waals surface area contributed by atoms with Gasteiger partial charge in [-0.1, -0.05) is 17.9 Å². The van der Waals surface area contributed by atoms with E-state index in [0.29, 0.717) is 12.8 Å². The third kappa shape index (κ3) is 5.47. The maximum atomic E-state index is 8.79. The summed E-state index contributed by atoms with van der Waals surface area (Å²) in [5.74, 6) is 6.67. The first-order valence-electron chi connectivity index (χ1n) is 6.96. The van der Waals surface area contributed by atoms with Gasteiger partial charge in [-0.15, -0.1) is 0 Å². The van der Waals surface area contributed by atoms with E-state index in [4.69, 9.17) is 15.1 Å². The standard InChI is InChI=1S/C17H22N2O2/c1-14(9-10-18)19(2)13-15-7-8-17(21-3)16(12-15)6-4-5-11-20/h7-8,12,14,20H,5,9,11,13H2,1-3H3. The smallest absolute Gasteiger partial charge is 0.134 e. The van der Waals surface area contributed by atoms with E-state index in [9.17, 15) is 0 Å². The fourth-order valence-corrected chi connectivity index (χ4v) is 1.90. The van der Waals surface area contributed by atoms with Gasteiger partial charge in [-0.3, -0.25) is 4.90 Å². The fourth-order valence-electron chi connectivity index (χ4n) is 1.90. The second kappa shape index (κ2) is 9.02. The van der Waals surface area contributed by atoms with Crippen LogP contribution in [-0.4, -0.2) is 36.8 Å². The van der Waals surface area contributed by atoms with E-state index >= 15 is 0 Å². The summed E-state index contributed by atoms with van der Waals surface area (Å²) in [5.41, 5.74) is 1.95. The van der Waals surface area contributed by atoms with E-state index in [-0.39, 0.29) is 12.6 Å². The molecule has 4 heteroatoms. The number of aliphatic hydroxyl groups excluding tert-OH is 1. The lowest BCUT2D eigenvalue weighted by molar-refractivity contribution is 0.252. The zero-order valence-corrected chi connectivity index (χ0v) is 12.9. The molecule has 0 fully saturated rings. The van der Waals surface area contributed by atoms with Crippen LogP contribution in [0, 0.1) is 23.2 Å². The van der Waals surface area contributed by atoms with Crippen molar-refractivity contribution in [3.8, 4) is 23.7 Å². The van der Waals surface area contributed by atoms with Crippen molar-refractivity contribution < 1.29 is 9.84 Å². The first-order chi connectivity index (χ1) is 10.1. The molecule has 0 saturated heterocycles. The molecule has 0 bridgehead atoms. The summed E-state index contributed by atoms with van der Waals surface area (Å²) in [6, 6.07) is 8.31. The minimum absolute atomic E-state index is 0.0589. The van der Waals surface area contributed by atoms with Crippen molar-refractivity contribution in [2.24, 2.45) is 0 Å². The molecule has 0 aliphatic rings. The molecule has 21 heavy (non-hydrogen) atoms. The lowest BCUT2D eigenvalue weighted by Crippen LogP contribution is -2.28. The Morgan fingerprint density at radius 1 is 1.43 bits per heavy atom. The predicted molar refractivity (Wildman–Crippen MR) is 82.7 cm³/mol. The summed E-state index contributed by atoms with van der Waals surface area (Å²) in [4.78, 5) is 2.13. The van der Waals surface area contributed by atoms with Gasteiger partial charge in [0.1, 0.15) is 5.75 Å². The number of methoxy groups -OCH3 is 1.